The molecule has 0 heterocycles. The van der Waals surface area contributed by atoms with Crippen molar-refractivity contribution in [2.24, 2.45) is 0 Å². The van der Waals surface area contributed by atoms with E-state index in [0.29, 0.717) is 12.8 Å². The first-order chi connectivity index (χ1) is 39.0. The van der Waals surface area contributed by atoms with Gasteiger partial charge in [-0.25, -0.2) is 16.8 Å². The first-order valence-corrected chi connectivity index (χ1v) is 36.8. The van der Waals surface area contributed by atoms with Crippen LogP contribution in [0, 0.1) is 0 Å². The summed E-state index contributed by atoms with van der Waals surface area (Å²) in [4.78, 5) is 0.0488. The monoisotopic (exact) mass is 1280 g/mol. The zero-order valence-electron chi connectivity index (χ0n) is 52.7. The van der Waals surface area contributed by atoms with Gasteiger partial charge in [-0.15, -0.1) is 0 Å². The van der Waals surface area contributed by atoms with Gasteiger partial charge in [0.05, 0.1) is 9.79 Å². The van der Waals surface area contributed by atoms with Gasteiger partial charge in [0.15, 0.2) is 0 Å². The van der Waals surface area contributed by atoms with Gasteiger partial charge in [0.25, 0.3) is 0 Å². The molecule has 0 atom stereocenters. The smallest absolute Gasteiger partial charge is 0.744 e. The molecule has 0 aliphatic carbocycles. The number of fused-ring (bicyclic) bond motifs is 2. The molecule has 0 N–H and O–H groups in total. The van der Waals surface area contributed by atoms with E-state index in [1.54, 1.807) is 12.1 Å². The molecule has 9 heteroatoms. The standard InChI is InChI=1S/2C36H60O3S.Ba/c2*1-3-5-7-9-11-13-15-17-19-21-23-27-32-31-36(40(37,38)39)35(34-29-26-25-28-33(32)34)30-24-22-20-18-16-14-12-10-8-6-4-2;/h2*25-26,28-29,31H,3-24,27,30H2,1-2H3,(H,37,38,39);/q;;+2/p-2. The van der Waals surface area contributed by atoms with Gasteiger partial charge in [-0.3, -0.25) is 0 Å². The molecule has 4 aromatic carbocycles. The Hall–Kier alpha value is -1.21. The molecule has 0 aromatic heterocycles. The first-order valence-electron chi connectivity index (χ1n) is 34.0. The summed E-state index contributed by atoms with van der Waals surface area (Å²) in [6.45, 7) is 9.04. The van der Waals surface area contributed by atoms with Crippen LogP contribution in [0.5, 0.6) is 0 Å². The van der Waals surface area contributed by atoms with Gasteiger partial charge in [0, 0.05) is 0 Å². The molecule has 0 saturated heterocycles. The minimum Gasteiger partial charge on any atom is -0.744 e. The van der Waals surface area contributed by atoms with Crippen molar-refractivity contribution in [2.75, 3.05) is 0 Å². The zero-order chi connectivity index (χ0) is 57.8. The van der Waals surface area contributed by atoms with Crippen LogP contribution >= 0.6 is 0 Å². The summed E-state index contributed by atoms with van der Waals surface area (Å²) in [5.41, 5.74) is 3.51. The van der Waals surface area contributed by atoms with Crippen molar-refractivity contribution >= 4 is 90.7 Å². The second kappa shape index (κ2) is 48.9. The number of rotatable bonds is 50. The number of hydrogen-bond donors (Lipinski definition) is 0. The minimum absolute atomic E-state index is 0. The molecule has 0 unspecified atom stereocenters. The van der Waals surface area contributed by atoms with Gasteiger partial charge in [0.2, 0.25) is 0 Å². The summed E-state index contributed by atoms with van der Waals surface area (Å²) in [6.07, 6.45) is 58.9. The van der Waals surface area contributed by atoms with Gasteiger partial charge >= 0.3 is 48.9 Å². The third kappa shape index (κ3) is 34.1. The Morgan fingerprint density at radius 3 is 0.667 bits per heavy atom. The fourth-order valence-corrected chi connectivity index (χ4v) is 13.8. The fourth-order valence-electron chi connectivity index (χ4n) is 12.2. The number of benzene rings is 4. The Bertz CT molecular complexity index is 2230. The van der Waals surface area contributed by atoms with E-state index >= 15 is 0 Å². The molecule has 0 fully saturated rings. The van der Waals surface area contributed by atoms with Crippen LogP contribution in [0.3, 0.4) is 0 Å². The Labute approximate surface area is 540 Å². The number of unbranched alkanes of at least 4 members (excludes halogenated alkanes) is 40. The molecule has 0 spiro atoms. The molecule has 0 aliphatic rings. The Morgan fingerprint density at radius 1 is 0.272 bits per heavy atom. The van der Waals surface area contributed by atoms with Crippen molar-refractivity contribution in [3.8, 4) is 0 Å². The normalized spacial score (nSPS) is 11.8. The molecule has 4 aromatic rings. The molecular formula is C72H118BaO6S2. The maximum Gasteiger partial charge on any atom is 2.00 e. The third-order valence-corrected chi connectivity index (χ3v) is 18.9. The maximum absolute atomic E-state index is 12.4. The fraction of sp³-hybridized carbons (Fsp3) is 0.722. The van der Waals surface area contributed by atoms with Crippen LogP contribution < -0.4 is 0 Å². The SMILES string of the molecule is CCCCCCCCCCCCCc1cc(S(=O)(=O)[O-])c(CCCCCCCCCCCCC)c2ccccc12.CCCCCCCCCCCCCc1cc(S(=O)(=O)[O-])c(CCCCCCCCCCCCC)c2ccccc12.[Ba+2]. The van der Waals surface area contributed by atoms with Crippen LogP contribution in [0.2, 0.25) is 0 Å². The Balaban J connectivity index is 0.000000547. The van der Waals surface area contributed by atoms with Crippen LogP contribution in [-0.4, -0.2) is 74.8 Å². The molecule has 81 heavy (non-hydrogen) atoms. The largest absolute Gasteiger partial charge is 2.00 e. The second-order valence-electron chi connectivity index (χ2n) is 24.2. The van der Waals surface area contributed by atoms with E-state index in [-0.39, 0.29) is 58.7 Å². The molecule has 0 radical (unpaired) electrons. The average Bonchev–Trinajstić information content (AvgIpc) is 3.60. The van der Waals surface area contributed by atoms with Crippen LogP contribution in [0.1, 0.15) is 332 Å². The van der Waals surface area contributed by atoms with E-state index < -0.39 is 20.2 Å². The summed E-state index contributed by atoms with van der Waals surface area (Å²) in [5.74, 6) is 0. The summed E-state index contributed by atoms with van der Waals surface area (Å²) in [5, 5.41) is 4.18. The molecular weight excluding hydrogens is 1160 g/mol. The maximum atomic E-state index is 12.4. The van der Waals surface area contributed by atoms with Crippen molar-refractivity contribution in [1.82, 2.24) is 0 Å². The topological polar surface area (TPSA) is 114 Å². The van der Waals surface area contributed by atoms with E-state index in [4.69, 9.17) is 0 Å². The average molecular weight is 1280 g/mol. The molecule has 0 aliphatic heterocycles. The van der Waals surface area contributed by atoms with E-state index in [1.807, 2.05) is 36.4 Å². The second-order valence-corrected chi connectivity index (χ2v) is 26.9. The van der Waals surface area contributed by atoms with Crippen LogP contribution in [0.25, 0.3) is 21.5 Å². The molecule has 456 valence electrons. The van der Waals surface area contributed by atoms with Crippen molar-refractivity contribution in [2.45, 2.75) is 346 Å². The summed E-state index contributed by atoms with van der Waals surface area (Å²) in [6, 6.07) is 19.7. The third-order valence-electron chi connectivity index (χ3n) is 17.1. The van der Waals surface area contributed by atoms with Crippen LogP contribution in [-0.2, 0) is 45.9 Å². The van der Waals surface area contributed by atoms with E-state index in [9.17, 15) is 25.9 Å². The zero-order valence-corrected chi connectivity index (χ0v) is 58.8. The van der Waals surface area contributed by atoms with Gasteiger partial charge in [0.1, 0.15) is 20.2 Å². The number of aryl methyl sites for hydroxylation is 4. The molecule has 6 nitrogen and oxygen atoms in total. The predicted octanol–water partition coefficient (Wildman–Crippen LogP) is 22.5. The van der Waals surface area contributed by atoms with Crippen LogP contribution in [0.15, 0.2) is 70.5 Å². The summed E-state index contributed by atoms with van der Waals surface area (Å²) >= 11 is 0. The van der Waals surface area contributed by atoms with E-state index in [1.165, 1.54) is 231 Å². The van der Waals surface area contributed by atoms with E-state index in [2.05, 4.69) is 39.8 Å². The molecule has 0 bridgehead atoms. The van der Waals surface area contributed by atoms with Crippen LogP contribution in [0.4, 0.5) is 0 Å². The Kier molecular flexibility index (Phi) is 45.8. The quantitative estimate of drug-likeness (QED) is 0.0247. The van der Waals surface area contributed by atoms with Gasteiger partial charge in [-0.05, 0) is 107 Å². The van der Waals surface area contributed by atoms with Crippen molar-refractivity contribution in [3.05, 3.63) is 82.9 Å². The molecule has 0 amide bonds. The molecule has 0 saturated carbocycles. The van der Waals surface area contributed by atoms with Crippen molar-refractivity contribution in [3.63, 3.8) is 0 Å². The van der Waals surface area contributed by atoms with Crippen molar-refractivity contribution in [1.29, 1.82) is 0 Å². The van der Waals surface area contributed by atoms with Gasteiger partial charge in [-0.1, -0.05) is 333 Å². The summed E-state index contributed by atoms with van der Waals surface area (Å²) < 4.78 is 74.1. The minimum atomic E-state index is -4.52. The predicted molar refractivity (Wildman–Crippen MR) is 350 cm³/mol. The van der Waals surface area contributed by atoms with E-state index in [0.717, 1.165) is 108 Å². The first kappa shape index (κ1) is 75.9. The van der Waals surface area contributed by atoms with Gasteiger partial charge < -0.3 is 9.11 Å². The Morgan fingerprint density at radius 2 is 0.457 bits per heavy atom. The molecule has 4 rings (SSSR count). The van der Waals surface area contributed by atoms with Crippen molar-refractivity contribution < 1.29 is 25.9 Å². The summed E-state index contributed by atoms with van der Waals surface area (Å²) in [7, 11) is -9.03. The van der Waals surface area contributed by atoms with Gasteiger partial charge in [-0.2, -0.15) is 0 Å². The number of hydrogen-bond acceptors (Lipinski definition) is 6.